The maximum absolute atomic E-state index is 13.6. The molecule has 2 amide bonds. The number of cyclic esters (lactones) is 1. The van der Waals surface area contributed by atoms with E-state index in [1.54, 1.807) is 30.3 Å². The average Bonchev–Trinajstić information content (AvgIpc) is 2.85. The van der Waals surface area contributed by atoms with E-state index in [-0.39, 0.29) is 42.1 Å². The third-order valence-corrected chi connectivity index (χ3v) is 8.40. The van der Waals surface area contributed by atoms with Crippen LogP contribution < -0.4 is 10.6 Å². The van der Waals surface area contributed by atoms with Crippen molar-refractivity contribution in [2.75, 3.05) is 13.1 Å². The molecule has 2 aliphatic rings. The number of hydrogen-bond donors (Lipinski definition) is 2. The van der Waals surface area contributed by atoms with E-state index < -0.39 is 22.0 Å². The number of carbonyl (C=O) groups is 2. The summed E-state index contributed by atoms with van der Waals surface area (Å²) in [5.74, 6) is -0.665. The number of nitrogens with zero attached hydrogens (tertiary/aromatic N) is 1. The van der Waals surface area contributed by atoms with Gasteiger partial charge in [0.05, 0.1) is 16.9 Å². The quantitative estimate of drug-likeness (QED) is 0.677. The number of amides is 2. The first-order valence-corrected chi connectivity index (χ1v) is 13.2. The van der Waals surface area contributed by atoms with Crippen molar-refractivity contribution >= 4 is 22.0 Å². The fraction of sp³-hybridized carbons (Fsp3) is 0.440. The number of ether oxygens (including phenoxy) is 1. The molecule has 2 aromatic rings. The fourth-order valence-corrected chi connectivity index (χ4v) is 6.33. The molecule has 2 N–H and O–H groups in total. The molecule has 2 saturated heterocycles. The minimum atomic E-state index is -3.80. The highest BCUT2D eigenvalue weighted by Crippen LogP contribution is 2.37. The zero-order valence-corrected chi connectivity index (χ0v) is 20.0. The lowest BCUT2D eigenvalue weighted by atomic mass is 9.90. The number of benzene rings is 2. The van der Waals surface area contributed by atoms with Crippen molar-refractivity contribution < 1.29 is 22.7 Å². The molecule has 2 aliphatic heterocycles. The monoisotopic (exact) mass is 485 g/mol. The summed E-state index contributed by atoms with van der Waals surface area (Å²) in [4.78, 5) is 25.1. The lowest BCUT2D eigenvalue weighted by Crippen LogP contribution is -2.51. The van der Waals surface area contributed by atoms with E-state index in [1.807, 2.05) is 37.3 Å². The maximum Gasteiger partial charge on any atom is 0.407 e. The first kappa shape index (κ1) is 24.2. The molecule has 0 radical (unpaired) electrons. The van der Waals surface area contributed by atoms with E-state index >= 15 is 0 Å². The van der Waals surface area contributed by atoms with Crippen molar-refractivity contribution in [3.63, 3.8) is 0 Å². The maximum atomic E-state index is 13.6. The number of hydrogen-bond acceptors (Lipinski definition) is 5. The van der Waals surface area contributed by atoms with Gasteiger partial charge in [0.15, 0.2) is 0 Å². The highest BCUT2D eigenvalue weighted by Gasteiger charge is 2.40. The van der Waals surface area contributed by atoms with Crippen LogP contribution in [0.1, 0.15) is 44.2 Å². The standard InChI is InChI=1S/C25H31N3O5S/c1-18-12-14-21(16-26-25(30)33-18)27-24(29)20-13-15-23(19-8-4-2-5-9-19)28(17-20)34(31,32)22-10-6-3-7-11-22/h2-11,18,20-21,23H,12-17H2,1H3,(H,26,30)(H,27,29)/t18?,20-,21?,23-/m1/s1. The molecule has 0 aliphatic carbocycles. The zero-order chi connectivity index (χ0) is 24.1. The molecule has 182 valence electrons. The van der Waals surface area contributed by atoms with Crippen LogP contribution in [0.25, 0.3) is 0 Å². The molecule has 34 heavy (non-hydrogen) atoms. The van der Waals surface area contributed by atoms with Gasteiger partial charge in [-0.3, -0.25) is 4.79 Å². The van der Waals surface area contributed by atoms with Crippen molar-refractivity contribution in [1.29, 1.82) is 0 Å². The second-order valence-electron chi connectivity index (χ2n) is 8.97. The van der Waals surface area contributed by atoms with E-state index in [2.05, 4.69) is 10.6 Å². The lowest BCUT2D eigenvalue weighted by Gasteiger charge is -2.39. The molecule has 2 unspecified atom stereocenters. The van der Waals surface area contributed by atoms with Gasteiger partial charge in [0.2, 0.25) is 15.9 Å². The second-order valence-corrected chi connectivity index (χ2v) is 10.9. The molecule has 2 aromatic carbocycles. The summed E-state index contributed by atoms with van der Waals surface area (Å²) in [7, 11) is -3.80. The normalized spacial score (nSPS) is 26.4. The van der Waals surface area contributed by atoms with Crippen LogP contribution in [0.5, 0.6) is 0 Å². The summed E-state index contributed by atoms with van der Waals surface area (Å²) < 4.78 is 33.9. The van der Waals surface area contributed by atoms with E-state index in [1.165, 1.54) is 4.31 Å². The number of carbonyl (C=O) groups excluding carboxylic acids is 2. The summed E-state index contributed by atoms with van der Waals surface area (Å²) in [6, 6.07) is 17.3. The van der Waals surface area contributed by atoms with E-state index in [9.17, 15) is 18.0 Å². The molecule has 2 heterocycles. The van der Waals surface area contributed by atoms with Crippen molar-refractivity contribution in [2.24, 2.45) is 5.92 Å². The van der Waals surface area contributed by atoms with Gasteiger partial charge in [-0.1, -0.05) is 48.5 Å². The number of alkyl carbamates (subject to hydrolysis) is 1. The van der Waals surface area contributed by atoms with Crippen LogP contribution in [0, 0.1) is 5.92 Å². The van der Waals surface area contributed by atoms with Gasteiger partial charge in [-0.2, -0.15) is 4.31 Å². The lowest BCUT2D eigenvalue weighted by molar-refractivity contribution is -0.127. The van der Waals surface area contributed by atoms with Crippen LogP contribution in [-0.2, 0) is 19.6 Å². The van der Waals surface area contributed by atoms with Crippen LogP contribution in [0.2, 0.25) is 0 Å². The van der Waals surface area contributed by atoms with Crippen molar-refractivity contribution in [3.8, 4) is 0 Å². The minimum absolute atomic E-state index is 0.0984. The number of sulfonamides is 1. The van der Waals surface area contributed by atoms with E-state index in [0.29, 0.717) is 25.7 Å². The van der Waals surface area contributed by atoms with Gasteiger partial charge >= 0.3 is 6.09 Å². The molecule has 0 bridgehead atoms. The summed E-state index contributed by atoms with van der Waals surface area (Å²) >= 11 is 0. The van der Waals surface area contributed by atoms with Crippen LogP contribution in [-0.4, -0.2) is 50.0 Å². The average molecular weight is 486 g/mol. The summed E-state index contributed by atoms with van der Waals surface area (Å²) in [5.41, 5.74) is 0.914. The third-order valence-electron chi connectivity index (χ3n) is 6.51. The van der Waals surface area contributed by atoms with Crippen LogP contribution in [0.3, 0.4) is 0 Å². The van der Waals surface area contributed by atoms with E-state index in [0.717, 1.165) is 5.56 Å². The van der Waals surface area contributed by atoms with Gasteiger partial charge in [-0.15, -0.1) is 0 Å². The first-order chi connectivity index (χ1) is 16.3. The van der Waals surface area contributed by atoms with Crippen molar-refractivity contribution in [3.05, 3.63) is 66.2 Å². The van der Waals surface area contributed by atoms with Gasteiger partial charge in [-0.05, 0) is 50.3 Å². The SMILES string of the molecule is CC1CCC(NC(=O)[C@@H]2CC[C@H](c3ccccc3)N(S(=O)(=O)c3ccccc3)C2)CNC(=O)O1. The summed E-state index contributed by atoms with van der Waals surface area (Å²) in [6.07, 6.45) is 1.71. The Labute approximate surface area is 200 Å². The van der Waals surface area contributed by atoms with Crippen LogP contribution >= 0.6 is 0 Å². The molecule has 4 atom stereocenters. The number of nitrogens with one attached hydrogen (secondary N) is 2. The molecule has 0 aromatic heterocycles. The Kier molecular flexibility index (Phi) is 7.53. The Morgan fingerprint density at radius 3 is 2.38 bits per heavy atom. The topological polar surface area (TPSA) is 105 Å². The van der Waals surface area contributed by atoms with Gasteiger partial charge < -0.3 is 15.4 Å². The molecule has 8 nitrogen and oxygen atoms in total. The summed E-state index contributed by atoms with van der Waals surface area (Å²) in [5, 5.41) is 5.71. The molecule has 0 spiro atoms. The van der Waals surface area contributed by atoms with Gasteiger partial charge in [0.25, 0.3) is 0 Å². The summed E-state index contributed by atoms with van der Waals surface area (Å²) in [6.45, 7) is 2.20. The Morgan fingerprint density at radius 2 is 1.68 bits per heavy atom. The molecular formula is C25H31N3O5S. The number of piperidine rings is 1. The largest absolute Gasteiger partial charge is 0.447 e. The van der Waals surface area contributed by atoms with E-state index in [4.69, 9.17) is 4.74 Å². The van der Waals surface area contributed by atoms with Crippen LogP contribution in [0.4, 0.5) is 4.79 Å². The Balaban J connectivity index is 1.53. The third kappa shape index (κ3) is 5.59. The van der Waals surface area contributed by atoms with Gasteiger partial charge in [0, 0.05) is 19.1 Å². The smallest absolute Gasteiger partial charge is 0.407 e. The predicted octanol–water partition coefficient (Wildman–Crippen LogP) is 3.22. The first-order valence-electron chi connectivity index (χ1n) is 11.7. The van der Waals surface area contributed by atoms with Gasteiger partial charge in [-0.25, -0.2) is 13.2 Å². The van der Waals surface area contributed by atoms with Crippen molar-refractivity contribution in [2.45, 2.75) is 55.7 Å². The molecule has 0 saturated carbocycles. The molecular weight excluding hydrogens is 454 g/mol. The predicted molar refractivity (Wildman–Crippen MR) is 127 cm³/mol. The van der Waals surface area contributed by atoms with Gasteiger partial charge in [0.1, 0.15) is 6.10 Å². The fourth-order valence-electron chi connectivity index (χ4n) is 4.62. The molecule has 2 fully saturated rings. The number of rotatable bonds is 5. The molecule has 9 heteroatoms. The highest BCUT2D eigenvalue weighted by molar-refractivity contribution is 7.89. The highest BCUT2D eigenvalue weighted by atomic mass is 32.2. The molecule has 4 rings (SSSR count). The Morgan fingerprint density at radius 1 is 1.00 bits per heavy atom. The second kappa shape index (κ2) is 10.6. The Hall–Kier alpha value is -2.91. The van der Waals surface area contributed by atoms with Crippen LogP contribution in [0.15, 0.2) is 65.6 Å². The zero-order valence-electron chi connectivity index (χ0n) is 19.2. The van der Waals surface area contributed by atoms with Crippen molar-refractivity contribution in [1.82, 2.24) is 14.9 Å². The minimum Gasteiger partial charge on any atom is -0.447 e. The Bertz CT molecular complexity index is 1090.